The van der Waals surface area contributed by atoms with Crippen LogP contribution in [0, 0.1) is 0 Å². The monoisotopic (exact) mass is 222 g/mol. The second-order valence-corrected chi connectivity index (χ2v) is 4.40. The van der Waals surface area contributed by atoms with Crippen molar-refractivity contribution < 1.29 is 0 Å². The van der Waals surface area contributed by atoms with Gasteiger partial charge in [0.2, 0.25) is 0 Å². The van der Waals surface area contributed by atoms with Crippen LogP contribution in [0.2, 0.25) is 0 Å². The zero-order valence-electron chi connectivity index (χ0n) is 9.74. The molecule has 0 fully saturated rings. The Morgan fingerprint density at radius 1 is 1.27 bits per heavy atom. The van der Waals surface area contributed by atoms with Gasteiger partial charge < -0.3 is 0 Å². The maximum absolute atomic E-state index is 3.78. The fourth-order valence-electron chi connectivity index (χ4n) is 1.15. The van der Waals surface area contributed by atoms with E-state index < -0.39 is 0 Å². The first-order valence-corrected chi connectivity index (χ1v) is 6.63. The van der Waals surface area contributed by atoms with Crippen molar-refractivity contribution in [1.29, 1.82) is 0 Å². The van der Waals surface area contributed by atoms with E-state index in [1.165, 1.54) is 30.6 Å². The van der Waals surface area contributed by atoms with Crippen molar-refractivity contribution in [3.05, 3.63) is 49.1 Å². The number of allylic oxidation sites excluding steroid dienone is 5. The number of rotatable bonds is 9. The number of hydrogen-bond acceptors (Lipinski definition) is 1. The third-order valence-corrected chi connectivity index (χ3v) is 3.12. The Bertz CT molecular complexity index is 223. The fourth-order valence-corrected chi connectivity index (χ4v) is 2.15. The van der Waals surface area contributed by atoms with Gasteiger partial charge in [0.1, 0.15) is 0 Å². The summed E-state index contributed by atoms with van der Waals surface area (Å²) >= 11 is 1.97. The van der Waals surface area contributed by atoms with Gasteiger partial charge in [-0.3, -0.25) is 0 Å². The minimum atomic E-state index is 1.05. The smallest absolute Gasteiger partial charge is 0.0184 e. The Morgan fingerprint density at radius 2 is 2.07 bits per heavy atom. The maximum atomic E-state index is 3.78. The fraction of sp³-hybridized carbons (Fsp3) is 0.429. The molecule has 0 radical (unpaired) electrons. The highest BCUT2D eigenvalue weighted by atomic mass is 32.2. The minimum absolute atomic E-state index is 1.05. The lowest BCUT2D eigenvalue weighted by molar-refractivity contribution is 0.822. The Kier molecular flexibility index (Phi) is 10.9. The molecule has 0 N–H and O–H groups in total. The molecule has 0 saturated carbocycles. The molecule has 0 aromatic rings. The normalized spacial score (nSPS) is 11.9. The van der Waals surface area contributed by atoms with Gasteiger partial charge in [-0.05, 0) is 37.5 Å². The Hall–Kier alpha value is -0.690. The third-order valence-electron chi connectivity index (χ3n) is 2.01. The third kappa shape index (κ3) is 9.61. The molecule has 0 aliphatic carbocycles. The van der Waals surface area contributed by atoms with Gasteiger partial charge in [0, 0.05) is 5.75 Å². The number of hydrogen-bond donors (Lipinski definition) is 0. The second kappa shape index (κ2) is 11.4. The predicted molar refractivity (Wildman–Crippen MR) is 74.5 cm³/mol. The summed E-state index contributed by atoms with van der Waals surface area (Å²) in [6, 6.07) is 0. The van der Waals surface area contributed by atoms with E-state index in [9.17, 15) is 0 Å². The first-order valence-electron chi connectivity index (χ1n) is 5.48. The van der Waals surface area contributed by atoms with E-state index in [4.69, 9.17) is 0 Å². The van der Waals surface area contributed by atoms with E-state index in [2.05, 4.69) is 32.2 Å². The van der Waals surface area contributed by atoms with Gasteiger partial charge in [0.25, 0.3) is 0 Å². The predicted octanol–water partition coefficient (Wildman–Crippen LogP) is 4.76. The van der Waals surface area contributed by atoms with Crippen LogP contribution in [0.4, 0.5) is 0 Å². The Labute approximate surface area is 98.8 Å². The van der Waals surface area contributed by atoms with Gasteiger partial charge in [-0.2, -0.15) is 11.8 Å². The highest BCUT2D eigenvalue weighted by Gasteiger charge is 1.92. The van der Waals surface area contributed by atoms with E-state index in [0.29, 0.717) is 0 Å². The zero-order valence-corrected chi connectivity index (χ0v) is 10.6. The first kappa shape index (κ1) is 14.3. The SMILES string of the molecule is C=C/C=C(\C=C)CSCCCC/C=C/C. The second-order valence-electron chi connectivity index (χ2n) is 3.30. The van der Waals surface area contributed by atoms with E-state index in [0.717, 1.165) is 5.75 Å². The molecule has 0 heterocycles. The Morgan fingerprint density at radius 3 is 2.67 bits per heavy atom. The summed E-state index contributed by atoms with van der Waals surface area (Å²) in [4.78, 5) is 0. The molecule has 0 atom stereocenters. The van der Waals surface area contributed by atoms with E-state index in [1.54, 1.807) is 0 Å². The van der Waals surface area contributed by atoms with Gasteiger partial charge in [-0.25, -0.2) is 0 Å². The van der Waals surface area contributed by atoms with Gasteiger partial charge in [0.15, 0.2) is 0 Å². The number of unbranched alkanes of at least 4 members (excludes halogenated alkanes) is 2. The molecule has 0 saturated heterocycles. The number of thioether (sulfide) groups is 1. The summed E-state index contributed by atoms with van der Waals surface area (Å²) in [5.41, 5.74) is 1.27. The molecular formula is C14H22S. The minimum Gasteiger partial charge on any atom is -0.157 e. The Balaban J connectivity index is 3.40. The lowest BCUT2D eigenvalue weighted by atomic mass is 10.2. The van der Waals surface area contributed by atoms with Crippen molar-refractivity contribution in [2.45, 2.75) is 26.2 Å². The van der Waals surface area contributed by atoms with Crippen LogP contribution in [0.1, 0.15) is 26.2 Å². The first-order chi connectivity index (χ1) is 7.35. The van der Waals surface area contributed by atoms with Crippen LogP contribution < -0.4 is 0 Å². The van der Waals surface area contributed by atoms with Crippen LogP contribution in [0.15, 0.2) is 49.1 Å². The summed E-state index contributed by atoms with van der Waals surface area (Å²) in [6.07, 6.45) is 13.9. The van der Waals surface area contributed by atoms with E-state index in [-0.39, 0.29) is 0 Å². The molecule has 0 aromatic heterocycles. The lowest BCUT2D eigenvalue weighted by Crippen LogP contribution is -1.86. The molecule has 0 bridgehead atoms. The average molecular weight is 222 g/mol. The maximum Gasteiger partial charge on any atom is 0.0184 e. The molecule has 0 aliphatic heterocycles. The summed E-state index contributed by atoms with van der Waals surface area (Å²) < 4.78 is 0. The molecule has 0 nitrogen and oxygen atoms in total. The van der Waals surface area contributed by atoms with Crippen molar-refractivity contribution in [2.75, 3.05) is 11.5 Å². The highest BCUT2D eigenvalue weighted by Crippen LogP contribution is 2.12. The molecule has 0 aromatic carbocycles. The quantitative estimate of drug-likeness (QED) is 0.308. The van der Waals surface area contributed by atoms with Crippen LogP contribution in [0.3, 0.4) is 0 Å². The lowest BCUT2D eigenvalue weighted by Gasteiger charge is -2.01. The molecule has 1 heteroatoms. The van der Waals surface area contributed by atoms with Crippen LogP contribution in [0.5, 0.6) is 0 Å². The molecule has 0 unspecified atom stereocenters. The van der Waals surface area contributed by atoms with Crippen LogP contribution in [-0.4, -0.2) is 11.5 Å². The van der Waals surface area contributed by atoms with Gasteiger partial charge in [0.05, 0.1) is 0 Å². The van der Waals surface area contributed by atoms with Crippen molar-refractivity contribution >= 4 is 11.8 Å². The average Bonchev–Trinajstić information content (AvgIpc) is 2.26. The largest absolute Gasteiger partial charge is 0.157 e. The summed E-state index contributed by atoms with van der Waals surface area (Å²) in [5, 5.41) is 0. The summed E-state index contributed by atoms with van der Waals surface area (Å²) in [6.45, 7) is 9.54. The van der Waals surface area contributed by atoms with Crippen LogP contribution in [0.25, 0.3) is 0 Å². The van der Waals surface area contributed by atoms with Gasteiger partial charge in [-0.15, -0.1) is 0 Å². The van der Waals surface area contributed by atoms with Gasteiger partial charge >= 0.3 is 0 Å². The summed E-state index contributed by atoms with van der Waals surface area (Å²) in [5.74, 6) is 2.29. The molecule has 0 rings (SSSR count). The van der Waals surface area contributed by atoms with Crippen LogP contribution in [-0.2, 0) is 0 Å². The molecule has 0 aliphatic rings. The molecule has 84 valence electrons. The summed E-state index contributed by atoms with van der Waals surface area (Å²) in [7, 11) is 0. The van der Waals surface area contributed by atoms with E-state index >= 15 is 0 Å². The molecular weight excluding hydrogens is 200 g/mol. The van der Waals surface area contributed by atoms with E-state index in [1.807, 2.05) is 30.0 Å². The van der Waals surface area contributed by atoms with Crippen molar-refractivity contribution in [3.63, 3.8) is 0 Å². The highest BCUT2D eigenvalue weighted by molar-refractivity contribution is 7.99. The standard InChI is InChI=1S/C14H22S/c1-4-7-8-9-10-12-15-13-14(6-3)11-5-2/h4-7,11H,2-3,8-10,12-13H2,1H3/b7-4+,14-11+. The van der Waals surface area contributed by atoms with Crippen molar-refractivity contribution in [3.8, 4) is 0 Å². The zero-order chi connectivity index (χ0) is 11.4. The molecule has 0 spiro atoms. The van der Waals surface area contributed by atoms with Crippen molar-refractivity contribution in [1.82, 2.24) is 0 Å². The molecule has 15 heavy (non-hydrogen) atoms. The van der Waals surface area contributed by atoms with Crippen LogP contribution >= 0.6 is 11.8 Å². The van der Waals surface area contributed by atoms with Crippen molar-refractivity contribution in [2.24, 2.45) is 0 Å². The van der Waals surface area contributed by atoms with Gasteiger partial charge in [-0.1, -0.05) is 43.5 Å². The topological polar surface area (TPSA) is 0 Å². The molecule has 0 amide bonds.